The molecule has 0 aliphatic heterocycles. The maximum atomic E-state index is 11.5. The van der Waals surface area contributed by atoms with Gasteiger partial charge in [-0.1, -0.05) is 12.1 Å². The van der Waals surface area contributed by atoms with Crippen molar-refractivity contribution < 1.29 is 8.42 Å². The van der Waals surface area contributed by atoms with Crippen LogP contribution >= 0.6 is 11.6 Å². The lowest BCUT2D eigenvalue weighted by Gasteiger charge is -2.14. The zero-order valence-corrected chi connectivity index (χ0v) is 10.3. The van der Waals surface area contributed by atoms with Crippen molar-refractivity contribution in [1.82, 2.24) is 0 Å². The number of benzene rings is 1. The Bertz CT molecular complexity index is 431. The number of hydrogen-bond acceptors (Lipinski definition) is 3. The normalized spacial score (nSPS) is 13.5. The Hall–Kier alpha value is -0.740. The minimum absolute atomic E-state index is 0.0366. The van der Waals surface area contributed by atoms with Gasteiger partial charge in [0.25, 0.3) is 0 Å². The van der Waals surface area contributed by atoms with Crippen molar-refractivity contribution in [3.8, 4) is 0 Å². The Morgan fingerprint density at radius 3 is 2.53 bits per heavy atom. The van der Waals surface area contributed by atoms with Gasteiger partial charge in [0, 0.05) is 18.2 Å². The van der Waals surface area contributed by atoms with Crippen molar-refractivity contribution in [1.29, 1.82) is 0 Å². The molecule has 84 valence electrons. The average molecular weight is 248 g/mol. The lowest BCUT2D eigenvalue weighted by molar-refractivity contribution is 0.602. The Kier molecular flexibility index (Phi) is 3.99. The smallest absolute Gasteiger partial charge is 0.177 e. The molecule has 1 atom stereocenters. The molecule has 1 rings (SSSR count). The monoisotopic (exact) mass is 247 g/mol. The van der Waals surface area contributed by atoms with E-state index in [0.29, 0.717) is 16.5 Å². The Labute approximate surface area is 95.4 Å². The largest absolute Gasteiger partial charge is 0.380 e. The van der Waals surface area contributed by atoms with E-state index in [9.17, 15) is 8.42 Å². The first-order valence-electron chi connectivity index (χ1n) is 4.56. The highest BCUT2D eigenvalue weighted by Crippen LogP contribution is 2.21. The van der Waals surface area contributed by atoms with E-state index < -0.39 is 9.84 Å². The first-order valence-corrected chi connectivity index (χ1v) is 6.99. The molecular weight excluding hydrogens is 234 g/mol. The second-order valence-corrected chi connectivity index (χ2v) is 5.76. The Balaban J connectivity index is 3.08. The molecule has 1 aromatic rings. The van der Waals surface area contributed by atoms with Gasteiger partial charge in [-0.05, 0) is 19.1 Å². The first kappa shape index (κ1) is 12.3. The topological polar surface area (TPSA) is 46.2 Å². The Morgan fingerprint density at radius 1 is 1.40 bits per heavy atom. The van der Waals surface area contributed by atoms with Crippen LogP contribution in [0.4, 0.5) is 5.69 Å². The molecule has 0 radical (unpaired) electrons. The quantitative estimate of drug-likeness (QED) is 0.830. The second-order valence-electron chi connectivity index (χ2n) is 3.47. The predicted octanol–water partition coefficient (Wildman–Crippen LogP) is 2.13. The molecule has 0 fully saturated rings. The zero-order valence-electron chi connectivity index (χ0n) is 8.70. The van der Waals surface area contributed by atoms with Crippen LogP contribution in [0.25, 0.3) is 0 Å². The summed E-state index contributed by atoms with van der Waals surface area (Å²) in [5.41, 5.74) is 0.605. The average Bonchev–Trinajstić information content (AvgIpc) is 2.17. The second kappa shape index (κ2) is 4.86. The maximum Gasteiger partial charge on any atom is 0.177 e. The molecule has 1 aromatic carbocycles. The summed E-state index contributed by atoms with van der Waals surface area (Å²) in [5.74, 6) is 0.429. The highest BCUT2D eigenvalue weighted by molar-refractivity contribution is 7.90. The van der Waals surface area contributed by atoms with Gasteiger partial charge in [-0.3, -0.25) is 0 Å². The van der Waals surface area contributed by atoms with Gasteiger partial charge < -0.3 is 5.32 Å². The summed E-state index contributed by atoms with van der Waals surface area (Å²) in [7, 11) is -3.19. The van der Waals surface area contributed by atoms with Gasteiger partial charge in [-0.2, -0.15) is 0 Å². The molecule has 1 N–H and O–H groups in total. The summed E-state index contributed by atoms with van der Waals surface area (Å²) in [6.45, 7) is 1.89. The minimum atomic E-state index is -3.19. The van der Waals surface area contributed by atoms with Crippen LogP contribution in [0.15, 0.2) is 29.2 Å². The van der Waals surface area contributed by atoms with Crippen molar-refractivity contribution in [2.75, 3.05) is 17.5 Å². The van der Waals surface area contributed by atoms with Crippen LogP contribution in [0.1, 0.15) is 6.92 Å². The molecule has 0 bridgehead atoms. The van der Waals surface area contributed by atoms with Crippen molar-refractivity contribution in [3.63, 3.8) is 0 Å². The van der Waals surface area contributed by atoms with Crippen LogP contribution < -0.4 is 5.32 Å². The van der Waals surface area contributed by atoms with Gasteiger partial charge in [-0.25, -0.2) is 8.42 Å². The highest BCUT2D eigenvalue weighted by Gasteiger charge is 2.13. The van der Waals surface area contributed by atoms with Crippen molar-refractivity contribution in [3.05, 3.63) is 24.3 Å². The van der Waals surface area contributed by atoms with E-state index in [0.717, 1.165) is 0 Å². The lowest BCUT2D eigenvalue weighted by Crippen LogP contribution is -2.18. The number of hydrogen-bond donors (Lipinski definition) is 1. The lowest BCUT2D eigenvalue weighted by atomic mass is 10.3. The van der Waals surface area contributed by atoms with Crippen LogP contribution in [0, 0.1) is 0 Å². The van der Waals surface area contributed by atoms with Crippen LogP contribution in [0.2, 0.25) is 0 Å². The fourth-order valence-corrected chi connectivity index (χ4v) is 2.14. The number of rotatable bonds is 4. The molecule has 0 saturated heterocycles. The molecule has 0 aliphatic rings. The van der Waals surface area contributed by atoms with E-state index >= 15 is 0 Å². The molecule has 3 nitrogen and oxygen atoms in total. The molecule has 0 heterocycles. The molecule has 0 unspecified atom stereocenters. The van der Waals surface area contributed by atoms with Gasteiger partial charge >= 0.3 is 0 Å². The third-order valence-electron chi connectivity index (χ3n) is 1.92. The Morgan fingerprint density at radius 2 is 2.00 bits per heavy atom. The fourth-order valence-electron chi connectivity index (χ4n) is 1.21. The van der Waals surface area contributed by atoms with Gasteiger partial charge in [0.15, 0.2) is 9.84 Å². The number of alkyl halides is 1. The fraction of sp³-hybridized carbons (Fsp3) is 0.400. The molecule has 5 heteroatoms. The molecule has 0 amide bonds. The summed E-state index contributed by atoms with van der Waals surface area (Å²) in [5, 5.41) is 3.06. The summed E-state index contributed by atoms with van der Waals surface area (Å²) in [6, 6.07) is 6.85. The third kappa shape index (κ3) is 3.39. The molecule has 0 aromatic heterocycles. The number of sulfone groups is 1. The van der Waals surface area contributed by atoms with E-state index in [1.165, 1.54) is 6.26 Å². The molecule has 15 heavy (non-hydrogen) atoms. The van der Waals surface area contributed by atoms with Crippen molar-refractivity contribution >= 4 is 27.1 Å². The van der Waals surface area contributed by atoms with Crippen LogP contribution in [-0.2, 0) is 9.84 Å². The van der Waals surface area contributed by atoms with Gasteiger partial charge in [0.1, 0.15) is 0 Å². The SMILES string of the molecule is C[C@H](CCl)Nc1ccccc1S(C)(=O)=O. The number of halogens is 1. The number of para-hydroxylation sites is 1. The van der Waals surface area contributed by atoms with E-state index in [-0.39, 0.29) is 6.04 Å². The summed E-state index contributed by atoms with van der Waals surface area (Å²) in [4.78, 5) is 0.307. The molecule has 0 aliphatic carbocycles. The summed E-state index contributed by atoms with van der Waals surface area (Å²) in [6.07, 6.45) is 1.19. The summed E-state index contributed by atoms with van der Waals surface area (Å²) >= 11 is 5.66. The van der Waals surface area contributed by atoms with E-state index in [2.05, 4.69) is 5.32 Å². The zero-order chi connectivity index (χ0) is 11.5. The van der Waals surface area contributed by atoms with Crippen molar-refractivity contribution in [2.24, 2.45) is 0 Å². The summed E-state index contributed by atoms with van der Waals surface area (Å²) < 4.78 is 22.9. The molecule has 0 saturated carbocycles. The van der Waals surface area contributed by atoms with E-state index in [4.69, 9.17) is 11.6 Å². The maximum absolute atomic E-state index is 11.5. The van der Waals surface area contributed by atoms with Crippen molar-refractivity contribution in [2.45, 2.75) is 17.9 Å². The molecule has 0 spiro atoms. The van der Waals surface area contributed by atoms with Gasteiger partial charge in [0.05, 0.1) is 10.6 Å². The van der Waals surface area contributed by atoms with E-state index in [1.807, 2.05) is 6.92 Å². The van der Waals surface area contributed by atoms with Gasteiger partial charge in [0.2, 0.25) is 0 Å². The van der Waals surface area contributed by atoms with Crippen LogP contribution in [0.3, 0.4) is 0 Å². The van der Waals surface area contributed by atoms with Crippen LogP contribution in [0.5, 0.6) is 0 Å². The third-order valence-corrected chi connectivity index (χ3v) is 3.54. The molecular formula is C10H14ClNO2S. The first-order chi connectivity index (χ1) is 6.95. The predicted molar refractivity (Wildman–Crippen MR) is 63.4 cm³/mol. The minimum Gasteiger partial charge on any atom is -0.380 e. The standard InChI is InChI=1S/C10H14ClNO2S/c1-8(7-11)12-9-5-3-4-6-10(9)15(2,13)14/h3-6,8,12H,7H2,1-2H3/t8-/m1/s1. The van der Waals surface area contributed by atoms with E-state index in [1.54, 1.807) is 24.3 Å². The van der Waals surface area contributed by atoms with Gasteiger partial charge in [-0.15, -0.1) is 11.6 Å². The number of nitrogens with one attached hydrogen (secondary N) is 1. The number of anilines is 1. The van der Waals surface area contributed by atoms with Crippen LogP contribution in [-0.4, -0.2) is 26.6 Å². The highest BCUT2D eigenvalue weighted by atomic mass is 35.5.